The van der Waals surface area contributed by atoms with Gasteiger partial charge in [0.15, 0.2) is 0 Å². The maximum Gasteiger partial charge on any atom is 0.258 e. The van der Waals surface area contributed by atoms with Crippen LogP contribution in [0.5, 0.6) is 0 Å². The summed E-state index contributed by atoms with van der Waals surface area (Å²) in [5, 5.41) is 29.4. The number of aliphatic hydroxyl groups is 2. The average Bonchev–Trinajstić information content (AvgIpc) is 3.38. The quantitative estimate of drug-likeness (QED) is 0.413. The van der Waals surface area contributed by atoms with Gasteiger partial charge in [0, 0.05) is 16.9 Å². The van der Waals surface area contributed by atoms with Crippen molar-refractivity contribution < 1.29 is 19.4 Å². The van der Waals surface area contributed by atoms with E-state index in [4.69, 9.17) is 14.6 Å². The summed E-state index contributed by atoms with van der Waals surface area (Å²) in [6.07, 6.45) is 1.87. The largest absolute Gasteiger partial charge is 0.415 e. The Labute approximate surface area is 198 Å². The van der Waals surface area contributed by atoms with Crippen LogP contribution in [0, 0.1) is 26.7 Å². The average molecular weight is 472 g/mol. The standard InChI is InChI=1S/C25H33N3O4S/c1-14(2)8-18-11-22(33-17(18)5)25-28-27-24(32-25)19-9-15(3)21(16(4)10-19)6-7-23(31)26-20(12-29)13-30/h9-11,14,20,29-30H,6-8,12-13H2,1-5H3,(H,26,31). The fraction of sp³-hybridized carbons (Fsp3) is 0.480. The van der Waals surface area contributed by atoms with Crippen molar-refractivity contribution in [3.05, 3.63) is 45.3 Å². The summed E-state index contributed by atoms with van der Waals surface area (Å²) in [5.41, 5.74) is 5.36. The molecule has 0 atom stereocenters. The van der Waals surface area contributed by atoms with E-state index in [0.717, 1.165) is 33.6 Å². The first-order valence-electron chi connectivity index (χ1n) is 11.3. The summed E-state index contributed by atoms with van der Waals surface area (Å²) in [6.45, 7) is 9.99. The molecule has 178 valence electrons. The van der Waals surface area contributed by atoms with Crippen LogP contribution < -0.4 is 5.32 Å². The Bertz CT molecular complexity index is 1080. The first-order valence-corrected chi connectivity index (χ1v) is 12.1. The van der Waals surface area contributed by atoms with Crippen LogP contribution in [0.4, 0.5) is 0 Å². The summed E-state index contributed by atoms with van der Waals surface area (Å²) in [6, 6.07) is 5.54. The molecule has 0 saturated heterocycles. The maximum atomic E-state index is 12.1. The summed E-state index contributed by atoms with van der Waals surface area (Å²) < 4.78 is 6.02. The van der Waals surface area contributed by atoms with Gasteiger partial charge in [-0.05, 0) is 80.0 Å². The number of amides is 1. The molecule has 7 nitrogen and oxygen atoms in total. The van der Waals surface area contributed by atoms with Crippen molar-refractivity contribution in [1.82, 2.24) is 15.5 Å². The van der Waals surface area contributed by atoms with Crippen molar-refractivity contribution in [2.75, 3.05) is 13.2 Å². The van der Waals surface area contributed by atoms with E-state index in [0.29, 0.717) is 24.1 Å². The summed E-state index contributed by atoms with van der Waals surface area (Å²) >= 11 is 1.68. The van der Waals surface area contributed by atoms with Crippen LogP contribution >= 0.6 is 11.3 Å². The third-order valence-electron chi connectivity index (χ3n) is 5.64. The molecule has 3 rings (SSSR count). The minimum Gasteiger partial charge on any atom is -0.415 e. The lowest BCUT2D eigenvalue weighted by molar-refractivity contribution is -0.122. The molecular weight excluding hydrogens is 438 g/mol. The van der Waals surface area contributed by atoms with Crippen molar-refractivity contribution in [3.8, 4) is 22.2 Å². The molecule has 0 fully saturated rings. The monoisotopic (exact) mass is 471 g/mol. The number of benzene rings is 1. The highest BCUT2D eigenvalue weighted by molar-refractivity contribution is 7.15. The Morgan fingerprint density at radius 3 is 2.30 bits per heavy atom. The zero-order valence-corrected chi connectivity index (χ0v) is 20.8. The maximum absolute atomic E-state index is 12.1. The number of nitrogens with zero attached hydrogens (tertiary/aromatic N) is 2. The van der Waals surface area contributed by atoms with Gasteiger partial charge in [0.2, 0.25) is 11.8 Å². The van der Waals surface area contributed by atoms with Gasteiger partial charge in [-0.25, -0.2) is 0 Å². The number of aryl methyl sites for hydroxylation is 3. The second-order valence-corrected chi connectivity index (χ2v) is 10.2. The number of hydrogen-bond acceptors (Lipinski definition) is 7. The van der Waals surface area contributed by atoms with E-state index in [9.17, 15) is 4.79 Å². The molecule has 2 heterocycles. The van der Waals surface area contributed by atoms with Crippen molar-refractivity contribution >= 4 is 17.2 Å². The highest BCUT2D eigenvalue weighted by atomic mass is 32.1. The number of aliphatic hydroxyl groups excluding tert-OH is 2. The van der Waals surface area contributed by atoms with Crippen LogP contribution in [0.3, 0.4) is 0 Å². The highest BCUT2D eigenvalue weighted by Gasteiger charge is 2.17. The van der Waals surface area contributed by atoms with Gasteiger partial charge in [-0.3, -0.25) is 4.79 Å². The summed E-state index contributed by atoms with van der Waals surface area (Å²) in [4.78, 5) is 14.4. The molecule has 3 aromatic rings. The molecule has 0 spiro atoms. The zero-order chi connectivity index (χ0) is 24.1. The predicted molar refractivity (Wildman–Crippen MR) is 130 cm³/mol. The molecular formula is C25H33N3O4S. The van der Waals surface area contributed by atoms with E-state index in [-0.39, 0.29) is 25.5 Å². The zero-order valence-electron chi connectivity index (χ0n) is 19.9. The molecule has 8 heteroatoms. The lowest BCUT2D eigenvalue weighted by Crippen LogP contribution is -2.40. The number of thiophene rings is 1. The van der Waals surface area contributed by atoms with Crippen molar-refractivity contribution in [2.24, 2.45) is 5.92 Å². The van der Waals surface area contributed by atoms with Crippen LogP contribution in [-0.2, 0) is 17.6 Å². The summed E-state index contributed by atoms with van der Waals surface area (Å²) in [7, 11) is 0. The molecule has 3 N–H and O–H groups in total. The Kier molecular flexibility index (Phi) is 8.40. The van der Waals surface area contributed by atoms with E-state index in [1.165, 1.54) is 10.4 Å². The molecule has 1 amide bonds. The number of carbonyl (C=O) groups excluding carboxylic acids is 1. The highest BCUT2D eigenvalue weighted by Crippen LogP contribution is 2.33. The van der Waals surface area contributed by atoms with Crippen molar-refractivity contribution in [2.45, 2.75) is 59.9 Å². The number of hydrogen-bond donors (Lipinski definition) is 3. The fourth-order valence-corrected chi connectivity index (χ4v) is 4.88. The van der Waals surface area contributed by atoms with Crippen molar-refractivity contribution in [3.63, 3.8) is 0 Å². The SMILES string of the molecule is Cc1cc(-c2nnc(-c3cc(CC(C)C)c(C)s3)o2)cc(C)c1CCC(=O)NC(CO)CO. The Morgan fingerprint density at radius 1 is 1.06 bits per heavy atom. The van der Waals surface area contributed by atoms with Gasteiger partial charge in [0.1, 0.15) is 0 Å². The van der Waals surface area contributed by atoms with E-state index in [1.807, 2.05) is 26.0 Å². The first kappa shape index (κ1) is 25.1. The van der Waals surface area contributed by atoms with Crippen LogP contribution in [0.15, 0.2) is 22.6 Å². The molecule has 0 unspecified atom stereocenters. The molecule has 0 saturated carbocycles. The second-order valence-electron chi connectivity index (χ2n) is 8.92. The van der Waals surface area contributed by atoms with Crippen LogP contribution in [-0.4, -0.2) is 45.6 Å². The third kappa shape index (κ3) is 6.28. The molecule has 1 aromatic carbocycles. The Balaban J connectivity index is 1.74. The Hall–Kier alpha value is -2.55. The number of aromatic nitrogens is 2. The van der Waals surface area contributed by atoms with E-state index in [2.05, 4.69) is 42.4 Å². The van der Waals surface area contributed by atoms with Gasteiger partial charge in [0.05, 0.1) is 24.1 Å². The number of nitrogens with one attached hydrogen (secondary N) is 1. The first-order chi connectivity index (χ1) is 15.7. The lowest BCUT2D eigenvalue weighted by atomic mass is 9.95. The molecule has 0 bridgehead atoms. The molecule has 33 heavy (non-hydrogen) atoms. The smallest absolute Gasteiger partial charge is 0.258 e. The van der Waals surface area contributed by atoms with E-state index < -0.39 is 6.04 Å². The van der Waals surface area contributed by atoms with Gasteiger partial charge < -0.3 is 19.9 Å². The molecule has 0 radical (unpaired) electrons. The fourth-order valence-electron chi connectivity index (χ4n) is 3.91. The normalized spacial score (nSPS) is 11.5. The molecule has 2 aromatic heterocycles. The molecule has 0 aliphatic heterocycles. The van der Waals surface area contributed by atoms with Crippen LogP contribution in [0.1, 0.15) is 47.4 Å². The second kappa shape index (κ2) is 11.0. The predicted octanol–water partition coefficient (Wildman–Crippen LogP) is 3.99. The van der Waals surface area contributed by atoms with Gasteiger partial charge >= 0.3 is 0 Å². The molecule has 0 aliphatic carbocycles. The van der Waals surface area contributed by atoms with Gasteiger partial charge in [-0.2, -0.15) is 0 Å². The van der Waals surface area contributed by atoms with E-state index >= 15 is 0 Å². The van der Waals surface area contributed by atoms with Crippen LogP contribution in [0.25, 0.3) is 22.2 Å². The number of rotatable bonds is 10. The number of carbonyl (C=O) groups is 1. The Morgan fingerprint density at radius 2 is 1.70 bits per heavy atom. The van der Waals surface area contributed by atoms with Crippen LogP contribution in [0.2, 0.25) is 0 Å². The topological polar surface area (TPSA) is 108 Å². The summed E-state index contributed by atoms with van der Waals surface area (Å²) in [5.74, 6) is 1.40. The lowest BCUT2D eigenvalue weighted by Gasteiger charge is -2.15. The molecule has 0 aliphatic rings. The third-order valence-corrected chi connectivity index (χ3v) is 6.72. The van der Waals surface area contributed by atoms with Gasteiger partial charge in [0.25, 0.3) is 5.89 Å². The van der Waals surface area contributed by atoms with Crippen molar-refractivity contribution in [1.29, 1.82) is 0 Å². The van der Waals surface area contributed by atoms with E-state index in [1.54, 1.807) is 11.3 Å². The minimum atomic E-state index is -0.623. The van der Waals surface area contributed by atoms with Gasteiger partial charge in [-0.1, -0.05) is 13.8 Å². The van der Waals surface area contributed by atoms with Gasteiger partial charge in [-0.15, -0.1) is 21.5 Å². The minimum absolute atomic E-state index is 0.199.